The van der Waals surface area contributed by atoms with E-state index in [9.17, 15) is 4.39 Å². The van der Waals surface area contributed by atoms with Crippen LogP contribution in [-0.2, 0) is 0 Å². The van der Waals surface area contributed by atoms with Gasteiger partial charge < -0.3 is 10.5 Å². The molecule has 1 atom stereocenters. The summed E-state index contributed by atoms with van der Waals surface area (Å²) < 4.78 is 18.6. The van der Waals surface area contributed by atoms with Crippen LogP contribution >= 0.6 is 11.8 Å². The Balaban J connectivity index is 2.06. The highest BCUT2D eigenvalue weighted by Crippen LogP contribution is 2.28. The van der Waals surface area contributed by atoms with E-state index < -0.39 is 0 Å². The normalized spacial score (nSPS) is 12.2. The van der Waals surface area contributed by atoms with Gasteiger partial charge in [-0.25, -0.2) is 4.39 Å². The lowest BCUT2D eigenvalue weighted by Gasteiger charge is -2.14. The number of hydrogen-bond donors (Lipinski definition) is 1. The minimum absolute atomic E-state index is 0.213. The zero-order valence-electron chi connectivity index (χ0n) is 12.5. The summed E-state index contributed by atoms with van der Waals surface area (Å²) in [7, 11) is 1.45. The molecule has 112 valence electrons. The third-order valence-electron chi connectivity index (χ3n) is 3.37. The first-order chi connectivity index (χ1) is 10.0. The van der Waals surface area contributed by atoms with Crippen molar-refractivity contribution in [3.63, 3.8) is 0 Å². The zero-order chi connectivity index (χ0) is 15.4. The summed E-state index contributed by atoms with van der Waals surface area (Å²) in [6.07, 6.45) is 0. The highest BCUT2D eigenvalue weighted by Gasteiger charge is 2.11. The van der Waals surface area contributed by atoms with E-state index in [1.54, 1.807) is 17.8 Å². The van der Waals surface area contributed by atoms with E-state index in [-0.39, 0.29) is 17.6 Å². The Hall–Kier alpha value is -1.52. The monoisotopic (exact) mass is 305 g/mol. The number of nitrogens with two attached hydrogens (primary N) is 1. The van der Waals surface area contributed by atoms with Crippen LogP contribution < -0.4 is 10.5 Å². The van der Waals surface area contributed by atoms with Crippen molar-refractivity contribution in [2.75, 3.05) is 12.9 Å². The van der Waals surface area contributed by atoms with E-state index in [4.69, 9.17) is 10.5 Å². The van der Waals surface area contributed by atoms with Crippen LogP contribution in [0.1, 0.15) is 22.7 Å². The van der Waals surface area contributed by atoms with Gasteiger partial charge in [0.05, 0.1) is 7.11 Å². The second kappa shape index (κ2) is 6.96. The quantitative estimate of drug-likeness (QED) is 0.839. The fraction of sp³-hybridized carbons (Fsp3) is 0.294. The van der Waals surface area contributed by atoms with Gasteiger partial charge in [-0.05, 0) is 43.2 Å². The Morgan fingerprint density at radius 1 is 1.19 bits per heavy atom. The Labute approximate surface area is 129 Å². The largest absolute Gasteiger partial charge is 0.494 e. The predicted octanol–water partition coefficient (Wildman–Crippen LogP) is 4.24. The fourth-order valence-electron chi connectivity index (χ4n) is 2.05. The molecule has 2 aromatic carbocycles. The average Bonchev–Trinajstić information content (AvgIpc) is 2.47. The van der Waals surface area contributed by atoms with E-state index in [0.29, 0.717) is 5.75 Å². The molecule has 0 aliphatic heterocycles. The van der Waals surface area contributed by atoms with Gasteiger partial charge in [0.25, 0.3) is 0 Å². The number of benzene rings is 2. The van der Waals surface area contributed by atoms with Gasteiger partial charge in [-0.1, -0.05) is 23.8 Å². The zero-order valence-corrected chi connectivity index (χ0v) is 13.3. The number of rotatable bonds is 5. The lowest BCUT2D eigenvalue weighted by molar-refractivity contribution is 0.386. The molecule has 0 aromatic heterocycles. The highest BCUT2D eigenvalue weighted by atomic mass is 32.2. The number of ether oxygens (including phenoxy) is 1. The summed E-state index contributed by atoms with van der Waals surface area (Å²) >= 11 is 1.70. The molecule has 0 amide bonds. The SMILES string of the molecule is COc1ccc(C(N)CSc2cc(C)ccc2C)cc1F. The van der Waals surface area contributed by atoms with Gasteiger partial charge in [-0.2, -0.15) is 0 Å². The van der Waals surface area contributed by atoms with Crippen LogP contribution in [-0.4, -0.2) is 12.9 Å². The molecular formula is C17H20FNOS. The second-order valence-electron chi connectivity index (χ2n) is 5.08. The van der Waals surface area contributed by atoms with Gasteiger partial charge in [-0.3, -0.25) is 0 Å². The van der Waals surface area contributed by atoms with Crippen LogP contribution in [0, 0.1) is 19.7 Å². The van der Waals surface area contributed by atoms with Gasteiger partial charge in [0.1, 0.15) is 0 Å². The molecular weight excluding hydrogens is 285 g/mol. The number of hydrogen-bond acceptors (Lipinski definition) is 3. The van der Waals surface area contributed by atoms with E-state index in [1.165, 1.54) is 29.2 Å². The summed E-state index contributed by atoms with van der Waals surface area (Å²) in [5.74, 6) is 0.575. The van der Waals surface area contributed by atoms with Gasteiger partial charge in [0.2, 0.25) is 0 Å². The lowest BCUT2D eigenvalue weighted by Crippen LogP contribution is -2.13. The minimum Gasteiger partial charge on any atom is -0.494 e. The van der Waals surface area contributed by atoms with Crippen LogP contribution in [0.15, 0.2) is 41.3 Å². The molecule has 0 heterocycles. The van der Waals surface area contributed by atoms with Gasteiger partial charge >= 0.3 is 0 Å². The molecule has 0 radical (unpaired) electrons. The number of halogens is 1. The maximum absolute atomic E-state index is 13.7. The van der Waals surface area contributed by atoms with Gasteiger partial charge in [0, 0.05) is 16.7 Å². The molecule has 0 bridgehead atoms. The Kier molecular flexibility index (Phi) is 5.26. The molecule has 0 aliphatic carbocycles. The Morgan fingerprint density at radius 2 is 1.95 bits per heavy atom. The molecule has 0 saturated carbocycles. The summed E-state index contributed by atoms with van der Waals surface area (Å²) in [6, 6.07) is 11.0. The maximum atomic E-state index is 13.7. The van der Waals surface area contributed by atoms with Crippen molar-refractivity contribution in [3.8, 4) is 5.75 Å². The van der Waals surface area contributed by atoms with E-state index in [1.807, 2.05) is 6.07 Å². The van der Waals surface area contributed by atoms with Crippen LogP contribution in [0.25, 0.3) is 0 Å². The first-order valence-electron chi connectivity index (χ1n) is 6.80. The summed E-state index contributed by atoms with van der Waals surface area (Å²) in [4.78, 5) is 1.22. The topological polar surface area (TPSA) is 35.2 Å². The number of aryl methyl sites for hydroxylation is 2. The molecule has 2 aromatic rings. The third-order valence-corrected chi connectivity index (χ3v) is 4.64. The van der Waals surface area contributed by atoms with Crippen molar-refractivity contribution < 1.29 is 9.13 Å². The second-order valence-corrected chi connectivity index (χ2v) is 6.14. The van der Waals surface area contributed by atoms with Crippen molar-refractivity contribution in [1.29, 1.82) is 0 Å². The highest BCUT2D eigenvalue weighted by molar-refractivity contribution is 7.99. The predicted molar refractivity (Wildman–Crippen MR) is 86.5 cm³/mol. The number of methoxy groups -OCH3 is 1. The molecule has 2 nitrogen and oxygen atoms in total. The van der Waals surface area contributed by atoms with Crippen molar-refractivity contribution in [2.24, 2.45) is 5.73 Å². The van der Waals surface area contributed by atoms with E-state index in [2.05, 4.69) is 32.0 Å². The molecule has 0 spiro atoms. The van der Waals surface area contributed by atoms with Crippen molar-refractivity contribution in [3.05, 3.63) is 58.9 Å². The molecule has 21 heavy (non-hydrogen) atoms. The fourth-order valence-corrected chi connectivity index (χ4v) is 3.17. The van der Waals surface area contributed by atoms with E-state index >= 15 is 0 Å². The van der Waals surface area contributed by atoms with Crippen LogP contribution in [0.5, 0.6) is 5.75 Å². The van der Waals surface area contributed by atoms with Crippen LogP contribution in [0.4, 0.5) is 4.39 Å². The Bertz CT molecular complexity index is 630. The lowest BCUT2D eigenvalue weighted by atomic mass is 10.1. The third kappa shape index (κ3) is 3.99. The molecule has 2 rings (SSSR count). The standard InChI is InChI=1S/C17H20FNOS/c1-11-4-5-12(2)17(8-11)21-10-15(19)13-6-7-16(20-3)14(18)9-13/h4-9,15H,10,19H2,1-3H3. The maximum Gasteiger partial charge on any atom is 0.165 e. The minimum atomic E-state index is -0.373. The summed E-state index contributed by atoms with van der Waals surface area (Å²) in [5, 5.41) is 0. The van der Waals surface area contributed by atoms with Crippen molar-refractivity contribution in [2.45, 2.75) is 24.8 Å². The molecule has 0 fully saturated rings. The Morgan fingerprint density at radius 3 is 2.62 bits per heavy atom. The number of thioether (sulfide) groups is 1. The van der Waals surface area contributed by atoms with Crippen LogP contribution in [0.2, 0.25) is 0 Å². The summed E-state index contributed by atoms with van der Waals surface area (Å²) in [5.41, 5.74) is 9.41. The smallest absolute Gasteiger partial charge is 0.165 e. The average molecular weight is 305 g/mol. The van der Waals surface area contributed by atoms with Crippen molar-refractivity contribution >= 4 is 11.8 Å². The molecule has 2 N–H and O–H groups in total. The first-order valence-corrected chi connectivity index (χ1v) is 7.79. The molecule has 0 saturated heterocycles. The first kappa shape index (κ1) is 15.9. The van der Waals surface area contributed by atoms with E-state index in [0.717, 1.165) is 5.56 Å². The molecule has 1 unspecified atom stereocenters. The van der Waals surface area contributed by atoms with Crippen molar-refractivity contribution in [1.82, 2.24) is 0 Å². The summed E-state index contributed by atoms with van der Waals surface area (Å²) in [6.45, 7) is 4.16. The van der Waals surface area contributed by atoms with Gasteiger partial charge in [0.15, 0.2) is 11.6 Å². The van der Waals surface area contributed by atoms with Crippen LogP contribution in [0.3, 0.4) is 0 Å². The molecule has 4 heteroatoms. The molecule has 0 aliphatic rings. The van der Waals surface area contributed by atoms with Gasteiger partial charge in [-0.15, -0.1) is 11.8 Å².